The third-order valence-corrected chi connectivity index (χ3v) is 4.84. The van der Waals surface area contributed by atoms with Crippen molar-refractivity contribution in [2.45, 2.75) is 39.3 Å². The smallest absolute Gasteiger partial charge is 0.0663 e. The third-order valence-electron chi connectivity index (χ3n) is 4.84. The van der Waals surface area contributed by atoms with Gasteiger partial charge in [0.05, 0.1) is 12.2 Å². The Balaban J connectivity index is 2.34. The summed E-state index contributed by atoms with van der Waals surface area (Å²) in [7, 11) is 0. The summed E-state index contributed by atoms with van der Waals surface area (Å²) in [6.45, 7) is 17.1. The molecule has 0 aliphatic rings. The van der Waals surface area contributed by atoms with E-state index in [1.54, 1.807) is 12.3 Å². The van der Waals surface area contributed by atoms with Gasteiger partial charge in [-0.25, -0.2) is 0 Å². The first-order valence-electron chi connectivity index (χ1n) is 10.1. The van der Waals surface area contributed by atoms with Gasteiger partial charge in [-0.1, -0.05) is 50.9 Å². The molecule has 5 nitrogen and oxygen atoms in total. The topological polar surface area (TPSA) is 67.9 Å². The quantitative estimate of drug-likeness (QED) is 0.431. The highest BCUT2D eigenvalue weighted by molar-refractivity contribution is 5.51. The van der Waals surface area contributed by atoms with Gasteiger partial charge in [-0.2, -0.15) is 5.10 Å². The molecular formula is C25H33N5. The Kier molecular flexibility index (Phi) is 8.75. The number of rotatable bonds is 12. The number of nitrogens with zero attached hydrogens (tertiary/aromatic N) is 2. The zero-order valence-corrected chi connectivity index (χ0v) is 18.1. The van der Waals surface area contributed by atoms with E-state index in [0.29, 0.717) is 19.0 Å². The molecule has 0 saturated carbocycles. The molecule has 0 radical (unpaired) electrons. The molecule has 0 fully saturated rings. The van der Waals surface area contributed by atoms with E-state index in [-0.39, 0.29) is 0 Å². The summed E-state index contributed by atoms with van der Waals surface area (Å²) >= 11 is 0. The van der Waals surface area contributed by atoms with Crippen molar-refractivity contribution in [2.24, 2.45) is 5.73 Å². The van der Waals surface area contributed by atoms with Crippen LogP contribution >= 0.6 is 0 Å². The molecule has 0 spiro atoms. The van der Waals surface area contributed by atoms with Crippen molar-refractivity contribution in [3.63, 3.8) is 0 Å². The van der Waals surface area contributed by atoms with Crippen LogP contribution in [0.5, 0.6) is 0 Å². The number of hydrogen-bond donors (Lipinski definition) is 3. The summed E-state index contributed by atoms with van der Waals surface area (Å²) in [5.41, 5.74) is 11.8. The predicted octanol–water partition coefficient (Wildman–Crippen LogP) is 5.11. The molecular weight excluding hydrogens is 370 g/mol. The first-order valence-corrected chi connectivity index (χ1v) is 10.1. The Labute approximate surface area is 180 Å². The van der Waals surface area contributed by atoms with Crippen LogP contribution in [0.3, 0.4) is 0 Å². The number of allylic oxidation sites excluding steroid dienone is 4. The van der Waals surface area contributed by atoms with Crippen LogP contribution in [-0.2, 0) is 13.1 Å². The largest absolute Gasteiger partial charge is 0.405 e. The number of nitrogens with one attached hydrogen (secondary N) is 2. The van der Waals surface area contributed by atoms with Gasteiger partial charge in [-0.15, -0.1) is 0 Å². The van der Waals surface area contributed by atoms with E-state index in [1.807, 2.05) is 24.3 Å². The summed E-state index contributed by atoms with van der Waals surface area (Å²) in [6, 6.07) is 8.29. The Bertz CT molecular complexity index is 933. The summed E-state index contributed by atoms with van der Waals surface area (Å²) < 4.78 is 2.12. The molecule has 0 amide bonds. The van der Waals surface area contributed by atoms with Crippen LogP contribution in [0.1, 0.15) is 41.8 Å². The summed E-state index contributed by atoms with van der Waals surface area (Å²) in [4.78, 5) is 0. The molecule has 0 aliphatic heterocycles. The lowest BCUT2D eigenvalue weighted by Gasteiger charge is -2.16. The van der Waals surface area contributed by atoms with Crippen molar-refractivity contribution >= 4 is 5.69 Å². The lowest BCUT2D eigenvalue weighted by Crippen LogP contribution is -2.13. The van der Waals surface area contributed by atoms with Crippen molar-refractivity contribution in [1.29, 1.82) is 0 Å². The minimum atomic E-state index is 0.303. The van der Waals surface area contributed by atoms with Crippen molar-refractivity contribution in [3.05, 3.63) is 109 Å². The highest BCUT2D eigenvalue weighted by Crippen LogP contribution is 2.27. The van der Waals surface area contributed by atoms with E-state index in [4.69, 9.17) is 10.8 Å². The number of benzene rings is 1. The van der Waals surface area contributed by atoms with E-state index < -0.39 is 0 Å². The monoisotopic (exact) mass is 403 g/mol. The standard InChI is InChI=1S/C25H33N5/c1-6-20(4)28-23-14-11-13-22(16-23)18-30-25(19(3)12-9-8-10-15-26)24(17-27-7-2)21(5)29-30/h6-11,13-16,19,27-28H,1-2,4,12,17-18,26H2,3,5H3/b9-8+,15-10-. The van der Waals surface area contributed by atoms with Crippen LogP contribution in [0.15, 0.2) is 86.4 Å². The van der Waals surface area contributed by atoms with Crippen LogP contribution in [0, 0.1) is 6.92 Å². The number of aromatic nitrogens is 2. The van der Waals surface area contributed by atoms with Crippen molar-refractivity contribution in [2.75, 3.05) is 5.32 Å². The van der Waals surface area contributed by atoms with Gasteiger partial charge < -0.3 is 16.4 Å². The van der Waals surface area contributed by atoms with E-state index in [9.17, 15) is 0 Å². The second kappa shape index (κ2) is 11.5. The normalized spacial score (nSPS) is 12.2. The fraction of sp³-hybridized carbons (Fsp3) is 0.240. The van der Waals surface area contributed by atoms with Crippen LogP contribution < -0.4 is 16.4 Å². The van der Waals surface area contributed by atoms with Gasteiger partial charge in [0.1, 0.15) is 0 Å². The van der Waals surface area contributed by atoms with Crippen molar-refractivity contribution < 1.29 is 0 Å². The minimum Gasteiger partial charge on any atom is -0.405 e. The van der Waals surface area contributed by atoms with Gasteiger partial charge in [0.2, 0.25) is 0 Å². The number of aryl methyl sites for hydroxylation is 1. The minimum absolute atomic E-state index is 0.303. The van der Waals surface area contributed by atoms with Crippen molar-refractivity contribution in [3.8, 4) is 0 Å². The first-order chi connectivity index (χ1) is 14.5. The maximum atomic E-state index is 5.42. The van der Waals surface area contributed by atoms with Gasteiger partial charge in [0.25, 0.3) is 0 Å². The van der Waals surface area contributed by atoms with Gasteiger partial charge in [0.15, 0.2) is 0 Å². The Hall–Kier alpha value is -3.47. The van der Waals surface area contributed by atoms with Crippen LogP contribution in [0.2, 0.25) is 0 Å². The zero-order valence-electron chi connectivity index (χ0n) is 18.1. The van der Waals surface area contributed by atoms with E-state index in [1.165, 1.54) is 17.5 Å². The molecule has 5 heteroatoms. The second-order valence-electron chi connectivity index (χ2n) is 7.20. The molecule has 0 aliphatic carbocycles. The van der Waals surface area contributed by atoms with Gasteiger partial charge >= 0.3 is 0 Å². The first kappa shape index (κ1) is 22.8. The van der Waals surface area contributed by atoms with E-state index >= 15 is 0 Å². The highest BCUT2D eigenvalue weighted by Gasteiger charge is 2.20. The molecule has 2 rings (SSSR count). The number of nitrogens with two attached hydrogens (primary N) is 1. The van der Waals surface area contributed by atoms with Gasteiger partial charge in [0, 0.05) is 35.1 Å². The maximum Gasteiger partial charge on any atom is 0.0663 e. The lowest BCUT2D eigenvalue weighted by molar-refractivity contribution is 0.593. The average Bonchev–Trinajstić information content (AvgIpc) is 3.04. The third kappa shape index (κ3) is 6.27. The maximum absolute atomic E-state index is 5.42. The van der Waals surface area contributed by atoms with Gasteiger partial charge in [-0.3, -0.25) is 4.68 Å². The SMILES string of the molecule is C=CNCc1c(C)nn(Cc2cccc(NC(=C)C=C)c2)c1C(C)C/C=C/C=C\N. The van der Waals surface area contributed by atoms with Crippen LogP contribution in [0.25, 0.3) is 0 Å². The molecule has 30 heavy (non-hydrogen) atoms. The zero-order chi connectivity index (χ0) is 21.9. The van der Waals surface area contributed by atoms with Crippen LogP contribution in [-0.4, -0.2) is 9.78 Å². The molecule has 4 N–H and O–H groups in total. The fourth-order valence-electron chi connectivity index (χ4n) is 3.40. The molecule has 0 saturated heterocycles. The van der Waals surface area contributed by atoms with E-state index in [2.05, 4.69) is 67.1 Å². The summed E-state index contributed by atoms with van der Waals surface area (Å²) in [6.07, 6.45) is 11.8. The molecule has 1 aromatic carbocycles. The molecule has 0 bridgehead atoms. The second-order valence-corrected chi connectivity index (χ2v) is 7.20. The van der Waals surface area contributed by atoms with E-state index in [0.717, 1.165) is 29.1 Å². The Morgan fingerprint density at radius 3 is 2.80 bits per heavy atom. The van der Waals surface area contributed by atoms with Crippen LogP contribution in [0.4, 0.5) is 5.69 Å². The molecule has 1 heterocycles. The lowest BCUT2D eigenvalue weighted by atomic mass is 9.98. The number of hydrogen-bond acceptors (Lipinski definition) is 4. The Morgan fingerprint density at radius 1 is 1.30 bits per heavy atom. The Morgan fingerprint density at radius 2 is 2.10 bits per heavy atom. The molecule has 158 valence electrons. The summed E-state index contributed by atoms with van der Waals surface area (Å²) in [5, 5.41) is 11.3. The fourth-order valence-corrected chi connectivity index (χ4v) is 3.40. The molecule has 1 atom stereocenters. The average molecular weight is 404 g/mol. The van der Waals surface area contributed by atoms with Gasteiger partial charge in [-0.05, 0) is 55.6 Å². The summed E-state index contributed by atoms with van der Waals surface area (Å²) in [5.74, 6) is 0.303. The van der Waals surface area contributed by atoms with Crippen molar-refractivity contribution in [1.82, 2.24) is 15.1 Å². The molecule has 1 aromatic heterocycles. The number of anilines is 1. The molecule has 1 unspecified atom stereocenters. The predicted molar refractivity (Wildman–Crippen MR) is 128 cm³/mol. The molecule has 2 aromatic rings. The highest BCUT2D eigenvalue weighted by atomic mass is 15.3.